The number of allylic oxidation sites excluding steroid dienone is 2. The van der Waals surface area contributed by atoms with Crippen molar-refractivity contribution < 1.29 is 33.7 Å². The van der Waals surface area contributed by atoms with Crippen LogP contribution in [-0.4, -0.2) is 79.0 Å². The third kappa shape index (κ3) is 2.27. The second-order valence-corrected chi connectivity index (χ2v) is 6.95. The zero-order valence-corrected chi connectivity index (χ0v) is 15.0. The second-order valence-electron chi connectivity index (χ2n) is 6.95. The zero-order valence-electron chi connectivity index (χ0n) is 15.0. The van der Waals surface area contributed by atoms with E-state index in [0.29, 0.717) is 6.54 Å². The summed E-state index contributed by atoms with van der Waals surface area (Å²) < 4.78 is 16.2. The molecule has 27 heavy (non-hydrogen) atoms. The molecule has 4 atom stereocenters. The quantitative estimate of drug-likeness (QED) is 0.366. The second kappa shape index (κ2) is 6.04. The predicted octanol–water partition coefficient (Wildman–Crippen LogP) is -1.60. The van der Waals surface area contributed by atoms with Crippen LogP contribution in [0.4, 0.5) is 4.79 Å². The molecule has 3 aliphatic heterocycles. The highest BCUT2D eigenvalue weighted by Gasteiger charge is 2.72. The predicted molar refractivity (Wildman–Crippen MR) is 89.0 cm³/mol. The molecule has 3 heterocycles. The fraction of sp³-hybridized carbons (Fsp3) is 0.588. The van der Waals surface area contributed by atoms with Gasteiger partial charge in [-0.2, -0.15) is 0 Å². The fourth-order valence-electron chi connectivity index (χ4n) is 4.59. The summed E-state index contributed by atoms with van der Waals surface area (Å²) in [5.41, 5.74) is 4.76. The Kier molecular flexibility index (Phi) is 4.02. The van der Waals surface area contributed by atoms with Gasteiger partial charge in [0.25, 0.3) is 0 Å². The summed E-state index contributed by atoms with van der Waals surface area (Å²) >= 11 is 0. The third-order valence-corrected chi connectivity index (χ3v) is 5.71. The molecule has 0 bridgehead atoms. The molecule has 2 saturated heterocycles. The van der Waals surface area contributed by atoms with Gasteiger partial charge in [-0.25, -0.2) is 4.79 Å². The van der Waals surface area contributed by atoms with Gasteiger partial charge in [0.15, 0.2) is 11.5 Å². The number of methoxy groups -OCH3 is 1. The Labute approximate surface area is 154 Å². The van der Waals surface area contributed by atoms with E-state index in [0.717, 1.165) is 0 Å². The number of amides is 1. The maximum Gasteiger partial charge on any atom is 0.404 e. The molecule has 0 aromatic rings. The van der Waals surface area contributed by atoms with E-state index in [4.69, 9.17) is 25.1 Å². The first kappa shape index (κ1) is 18.0. The van der Waals surface area contributed by atoms with Gasteiger partial charge in [0.2, 0.25) is 11.6 Å². The molecule has 1 amide bonds. The number of Topliss-reactive ketones (excluding diaryl/α,β-unsaturated/α-hetero) is 2. The summed E-state index contributed by atoms with van der Waals surface area (Å²) in [6.07, 6.45) is -0.974. The van der Waals surface area contributed by atoms with Gasteiger partial charge < -0.3 is 35.3 Å². The molecule has 0 aromatic carbocycles. The molecule has 4 aliphatic rings. The lowest BCUT2D eigenvalue weighted by Gasteiger charge is -2.39. The largest absolute Gasteiger partial charge is 0.487 e. The molecule has 0 radical (unpaired) electrons. The number of carbonyl (C=O) groups excluding carboxylic acids is 3. The van der Waals surface area contributed by atoms with E-state index in [1.807, 2.05) is 0 Å². The number of piperazine rings is 1. The van der Waals surface area contributed by atoms with Crippen molar-refractivity contribution in [3.05, 3.63) is 22.6 Å². The number of nitrogens with two attached hydrogens (primary N) is 1. The average Bonchev–Trinajstić information content (AvgIpc) is 3.24. The van der Waals surface area contributed by atoms with E-state index >= 15 is 0 Å². The highest BCUT2D eigenvalue weighted by Crippen LogP contribution is 2.55. The van der Waals surface area contributed by atoms with Crippen molar-refractivity contribution in [2.75, 3.05) is 33.5 Å². The van der Waals surface area contributed by atoms with Gasteiger partial charge in [-0.15, -0.1) is 0 Å². The molecule has 4 N–H and O–H groups in total. The summed E-state index contributed by atoms with van der Waals surface area (Å²) in [5.74, 6) is -1.59. The van der Waals surface area contributed by atoms with Crippen LogP contribution in [-0.2, 0) is 23.8 Å². The van der Waals surface area contributed by atoms with E-state index in [2.05, 4.69) is 5.32 Å². The topological polar surface area (TPSA) is 150 Å². The van der Waals surface area contributed by atoms with Gasteiger partial charge in [0, 0.05) is 30.8 Å². The first-order chi connectivity index (χ1) is 12.9. The van der Waals surface area contributed by atoms with Gasteiger partial charge in [0.05, 0.1) is 24.3 Å². The van der Waals surface area contributed by atoms with E-state index in [-0.39, 0.29) is 60.3 Å². The Morgan fingerprint density at radius 1 is 1.41 bits per heavy atom. The number of rotatable bonds is 6. The Bertz CT molecular complexity index is 804. The number of primary amides is 1. The molecular weight excluding hydrogens is 358 g/mol. The molecule has 0 spiro atoms. The van der Waals surface area contributed by atoms with Crippen LogP contribution in [0.3, 0.4) is 0 Å². The van der Waals surface area contributed by atoms with Gasteiger partial charge in [-0.3, -0.25) is 9.59 Å². The molecule has 1 aliphatic carbocycles. The van der Waals surface area contributed by atoms with Crippen LogP contribution in [0.2, 0.25) is 0 Å². The van der Waals surface area contributed by atoms with Crippen LogP contribution in [0.25, 0.3) is 0 Å². The minimum absolute atomic E-state index is 0.0930. The number of carbonyl (C=O) groups is 3. The molecule has 0 saturated carbocycles. The molecule has 146 valence electrons. The molecule has 10 nitrogen and oxygen atoms in total. The highest BCUT2D eigenvalue weighted by molar-refractivity contribution is 6.25. The van der Waals surface area contributed by atoms with Crippen LogP contribution in [0.5, 0.6) is 0 Å². The Morgan fingerprint density at radius 2 is 2.15 bits per heavy atom. The molecule has 2 fully saturated rings. The zero-order chi connectivity index (χ0) is 19.5. The number of nitrogens with one attached hydrogen (secondary N) is 1. The van der Waals surface area contributed by atoms with Crippen molar-refractivity contribution in [2.45, 2.75) is 24.7 Å². The number of aliphatic hydroxyl groups excluding tert-OH is 1. The summed E-state index contributed by atoms with van der Waals surface area (Å²) in [5, 5.41) is 12.3. The standard InChI is InChI=1S/C17H21N3O7/c1-7-12(22)11-10(13(23)14(7)26-4-3-21)8(6-27-16(18)24)17(25-2)15-9(19-15)5-20(11)17/h8-9,15,19,21H,3-6H2,1-2H3,(H2,18,24)/t8?,9?,15?,17-/m1/s1. The number of ketones is 2. The number of ether oxygens (including phenoxy) is 3. The smallest absolute Gasteiger partial charge is 0.404 e. The minimum atomic E-state index is -1.01. The SMILES string of the molecule is CO[C@@]12C(COC(N)=O)C3=C(C(=O)C(C)=C(OCCO)C3=O)N1CC1NC12. The number of hydrogen-bond donors (Lipinski definition) is 3. The molecule has 3 unspecified atom stereocenters. The first-order valence-electron chi connectivity index (χ1n) is 8.67. The Hall–Kier alpha value is -2.43. The van der Waals surface area contributed by atoms with Crippen molar-refractivity contribution in [1.82, 2.24) is 10.2 Å². The maximum atomic E-state index is 13.2. The lowest BCUT2D eigenvalue weighted by atomic mass is 9.83. The normalized spacial score (nSPS) is 33.9. The number of hydrogen-bond acceptors (Lipinski definition) is 9. The minimum Gasteiger partial charge on any atom is -0.487 e. The van der Waals surface area contributed by atoms with Crippen LogP contribution < -0.4 is 11.1 Å². The number of nitrogens with zero attached hydrogens (tertiary/aromatic N) is 1. The van der Waals surface area contributed by atoms with Crippen LogP contribution in [0.1, 0.15) is 6.92 Å². The molecular formula is C17H21N3O7. The average molecular weight is 379 g/mol. The Morgan fingerprint density at radius 3 is 2.78 bits per heavy atom. The highest BCUT2D eigenvalue weighted by atomic mass is 16.6. The number of fused-ring (bicyclic) bond motifs is 4. The van der Waals surface area contributed by atoms with Gasteiger partial charge in [-0.1, -0.05) is 0 Å². The van der Waals surface area contributed by atoms with E-state index in [1.165, 1.54) is 14.0 Å². The van der Waals surface area contributed by atoms with Crippen molar-refractivity contribution in [1.29, 1.82) is 0 Å². The summed E-state index contributed by atoms with van der Waals surface area (Å²) in [6.45, 7) is 1.42. The Balaban J connectivity index is 1.79. The van der Waals surface area contributed by atoms with E-state index in [9.17, 15) is 14.4 Å². The lowest BCUT2D eigenvalue weighted by molar-refractivity contribution is -0.137. The summed E-state index contributed by atoms with van der Waals surface area (Å²) in [4.78, 5) is 39.3. The summed E-state index contributed by atoms with van der Waals surface area (Å²) in [7, 11) is 1.50. The molecule has 4 rings (SSSR count). The fourth-order valence-corrected chi connectivity index (χ4v) is 4.59. The van der Waals surface area contributed by atoms with Crippen LogP contribution >= 0.6 is 0 Å². The maximum absolute atomic E-state index is 13.2. The third-order valence-electron chi connectivity index (χ3n) is 5.71. The van der Waals surface area contributed by atoms with Crippen molar-refractivity contribution >= 4 is 17.7 Å². The van der Waals surface area contributed by atoms with Crippen LogP contribution in [0.15, 0.2) is 22.6 Å². The first-order valence-corrected chi connectivity index (χ1v) is 8.67. The van der Waals surface area contributed by atoms with Gasteiger partial charge in [0.1, 0.15) is 13.2 Å². The van der Waals surface area contributed by atoms with Gasteiger partial charge in [-0.05, 0) is 6.92 Å². The van der Waals surface area contributed by atoms with E-state index in [1.54, 1.807) is 4.90 Å². The molecule has 0 aromatic heterocycles. The van der Waals surface area contributed by atoms with E-state index < -0.39 is 23.5 Å². The van der Waals surface area contributed by atoms with Crippen molar-refractivity contribution in [3.8, 4) is 0 Å². The van der Waals surface area contributed by atoms with Gasteiger partial charge >= 0.3 is 6.09 Å². The van der Waals surface area contributed by atoms with Crippen molar-refractivity contribution in [3.63, 3.8) is 0 Å². The molecule has 10 heteroatoms. The van der Waals surface area contributed by atoms with Crippen molar-refractivity contribution in [2.24, 2.45) is 11.7 Å². The lowest BCUT2D eigenvalue weighted by Crippen LogP contribution is -2.55. The van der Waals surface area contributed by atoms with Crippen LogP contribution in [0, 0.1) is 5.92 Å². The monoisotopic (exact) mass is 379 g/mol. The summed E-state index contributed by atoms with van der Waals surface area (Å²) in [6, 6.07) is 0.0339. The number of aliphatic hydroxyl groups is 1.